The topological polar surface area (TPSA) is 49.4 Å². The number of urea groups is 1. The lowest BCUT2D eigenvalue weighted by Crippen LogP contribution is -2.55. The molecule has 1 N–H and O–H groups in total. The van der Waals surface area contributed by atoms with Crippen molar-refractivity contribution in [3.05, 3.63) is 0 Å². The highest BCUT2D eigenvalue weighted by Gasteiger charge is 2.51. The summed E-state index contributed by atoms with van der Waals surface area (Å²) >= 11 is 0. The van der Waals surface area contributed by atoms with Gasteiger partial charge in [0, 0.05) is 41.9 Å². The maximum atomic E-state index is 13.0. The van der Waals surface area contributed by atoms with Crippen LogP contribution >= 0.6 is 0 Å². The summed E-state index contributed by atoms with van der Waals surface area (Å²) in [5.74, 6) is -1.07. The van der Waals surface area contributed by atoms with E-state index in [0.717, 1.165) is 0 Å². The van der Waals surface area contributed by atoms with Gasteiger partial charge in [-0.2, -0.15) is 13.2 Å². The van der Waals surface area contributed by atoms with Crippen LogP contribution in [-0.4, -0.2) is 52.5 Å². The number of rotatable bonds is 3. The molecule has 1 fully saturated rings. The molecule has 1 rings (SSSR count). The number of carbonyl (C=O) groups is 1. The minimum atomic E-state index is -4.24. The van der Waals surface area contributed by atoms with Crippen molar-refractivity contribution in [2.45, 2.75) is 39.4 Å². The minimum absolute atomic E-state index is 0.0605. The number of amides is 2. The first-order valence-corrected chi connectivity index (χ1v) is 8.58. The first-order chi connectivity index (χ1) is 9.43. The van der Waals surface area contributed by atoms with E-state index in [4.69, 9.17) is 0 Å². The molecule has 1 heterocycles. The lowest BCUT2D eigenvalue weighted by molar-refractivity contribution is -0.214. The quantitative estimate of drug-likeness (QED) is 0.865. The highest BCUT2D eigenvalue weighted by atomic mass is 32.2. The Hall–Kier alpha value is -0.790. The Labute approximate surface area is 125 Å². The summed E-state index contributed by atoms with van der Waals surface area (Å²) in [5.41, 5.74) is -1.01. The summed E-state index contributed by atoms with van der Waals surface area (Å²) in [7, 11) is -1.03. The molecule has 0 aromatic rings. The Kier molecular flexibility index (Phi) is 5.69. The van der Waals surface area contributed by atoms with Gasteiger partial charge < -0.3 is 10.2 Å². The summed E-state index contributed by atoms with van der Waals surface area (Å²) < 4.78 is 50.0. The van der Waals surface area contributed by atoms with Crippen LogP contribution < -0.4 is 5.32 Å². The van der Waals surface area contributed by atoms with Crippen molar-refractivity contribution < 1.29 is 22.2 Å². The first-order valence-electron chi connectivity index (χ1n) is 6.85. The zero-order valence-electron chi connectivity index (χ0n) is 12.8. The molecule has 1 aliphatic heterocycles. The molecular weight excluding hydrogens is 305 g/mol. The van der Waals surface area contributed by atoms with E-state index in [1.54, 1.807) is 13.2 Å². The van der Waals surface area contributed by atoms with Crippen molar-refractivity contribution in [1.29, 1.82) is 0 Å². The van der Waals surface area contributed by atoms with Crippen molar-refractivity contribution >= 4 is 16.8 Å². The van der Waals surface area contributed by atoms with E-state index in [2.05, 4.69) is 5.32 Å². The number of alkyl halides is 3. The maximum absolute atomic E-state index is 13.0. The Morgan fingerprint density at radius 2 is 2.05 bits per heavy atom. The Bertz CT molecular complexity index is 413. The highest BCUT2D eigenvalue weighted by molar-refractivity contribution is 7.84. The Morgan fingerprint density at radius 3 is 2.48 bits per heavy atom. The average Bonchev–Trinajstić information content (AvgIpc) is 2.23. The molecule has 2 amide bonds. The van der Waals surface area contributed by atoms with Crippen LogP contribution in [0.15, 0.2) is 0 Å². The van der Waals surface area contributed by atoms with Gasteiger partial charge in [0.2, 0.25) is 0 Å². The molecular formula is C13H23F3N2O2S. The molecule has 21 heavy (non-hydrogen) atoms. The number of hydrogen-bond donors (Lipinski definition) is 1. The normalized spacial score (nSPS) is 25.3. The van der Waals surface area contributed by atoms with Crippen LogP contribution in [0.3, 0.4) is 0 Å². The summed E-state index contributed by atoms with van der Waals surface area (Å²) in [6.45, 7) is 4.95. The standard InChI is InChI=1S/C13H23F3N2O2S/c1-9(7-21(4)20)17-11(19)18-6-5-10(13(14,15)16)12(2,3)8-18/h9-10H,5-8H2,1-4H3,(H,17,19). The molecule has 0 spiro atoms. The van der Waals surface area contributed by atoms with Gasteiger partial charge in [0.05, 0.1) is 5.92 Å². The van der Waals surface area contributed by atoms with Crippen molar-refractivity contribution in [2.24, 2.45) is 11.3 Å². The van der Waals surface area contributed by atoms with E-state index < -0.39 is 28.3 Å². The van der Waals surface area contributed by atoms with Crippen molar-refractivity contribution in [3.63, 3.8) is 0 Å². The molecule has 0 aromatic heterocycles. The van der Waals surface area contributed by atoms with E-state index in [9.17, 15) is 22.2 Å². The molecule has 124 valence electrons. The molecule has 4 nitrogen and oxygen atoms in total. The van der Waals surface area contributed by atoms with E-state index in [1.165, 1.54) is 18.7 Å². The number of halogens is 3. The van der Waals surface area contributed by atoms with Gasteiger partial charge in [-0.1, -0.05) is 13.8 Å². The van der Waals surface area contributed by atoms with Gasteiger partial charge in [-0.25, -0.2) is 4.79 Å². The van der Waals surface area contributed by atoms with Crippen LogP contribution in [0.1, 0.15) is 27.2 Å². The van der Waals surface area contributed by atoms with Crippen LogP contribution in [-0.2, 0) is 10.8 Å². The molecule has 0 radical (unpaired) electrons. The summed E-state index contributed by atoms with van der Waals surface area (Å²) in [4.78, 5) is 13.5. The van der Waals surface area contributed by atoms with Gasteiger partial charge in [-0.05, 0) is 18.8 Å². The Morgan fingerprint density at radius 1 is 1.48 bits per heavy atom. The van der Waals surface area contributed by atoms with Gasteiger partial charge >= 0.3 is 12.2 Å². The van der Waals surface area contributed by atoms with Crippen LogP contribution in [0.25, 0.3) is 0 Å². The zero-order chi connectivity index (χ0) is 16.4. The predicted molar refractivity (Wildman–Crippen MR) is 76.4 cm³/mol. The first kappa shape index (κ1) is 18.3. The fourth-order valence-corrected chi connectivity index (χ4v) is 3.62. The number of piperidine rings is 1. The fraction of sp³-hybridized carbons (Fsp3) is 0.923. The molecule has 3 atom stereocenters. The average molecular weight is 328 g/mol. The molecule has 3 unspecified atom stereocenters. The van der Waals surface area contributed by atoms with Gasteiger partial charge in [0.25, 0.3) is 0 Å². The van der Waals surface area contributed by atoms with Gasteiger partial charge in [0.15, 0.2) is 0 Å². The van der Waals surface area contributed by atoms with E-state index >= 15 is 0 Å². The van der Waals surface area contributed by atoms with Crippen LogP contribution in [0, 0.1) is 11.3 Å². The lowest BCUT2D eigenvalue weighted by Gasteiger charge is -2.44. The largest absolute Gasteiger partial charge is 0.392 e. The van der Waals surface area contributed by atoms with E-state index in [0.29, 0.717) is 5.75 Å². The third kappa shape index (κ3) is 5.16. The third-order valence-electron chi connectivity index (χ3n) is 3.77. The summed E-state index contributed by atoms with van der Waals surface area (Å²) in [6.07, 6.45) is -2.78. The second-order valence-electron chi connectivity index (χ2n) is 6.38. The number of nitrogens with zero attached hydrogens (tertiary/aromatic N) is 1. The van der Waals surface area contributed by atoms with Crippen LogP contribution in [0.5, 0.6) is 0 Å². The molecule has 1 saturated heterocycles. The van der Waals surface area contributed by atoms with Crippen LogP contribution in [0.4, 0.5) is 18.0 Å². The van der Waals surface area contributed by atoms with Crippen molar-refractivity contribution in [2.75, 3.05) is 25.1 Å². The number of carbonyl (C=O) groups excluding carboxylic acids is 1. The zero-order valence-corrected chi connectivity index (χ0v) is 13.6. The van der Waals surface area contributed by atoms with Gasteiger partial charge in [-0.3, -0.25) is 4.21 Å². The number of hydrogen-bond acceptors (Lipinski definition) is 2. The van der Waals surface area contributed by atoms with Crippen molar-refractivity contribution in [3.8, 4) is 0 Å². The van der Waals surface area contributed by atoms with Gasteiger partial charge in [0.1, 0.15) is 0 Å². The SMILES string of the molecule is CC(CS(C)=O)NC(=O)N1CCC(C(F)(F)F)C(C)(C)C1. The lowest BCUT2D eigenvalue weighted by atomic mass is 9.73. The second kappa shape index (κ2) is 6.54. The predicted octanol–water partition coefficient (Wildman–Crippen LogP) is 2.37. The molecule has 0 aromatic carbocycles. The third-order valence-corrected chi connectivity index (χ3v) is 4.74. The molecule has 0 saturated carbocycles. The number of likely N-dealkylation sites (tertiary alicyclic amines) is 1. The fourth-order valence-electron chi connectivity index (χ4n) is 2.83. The second-order valence-corrected chi connectivity index (χ2v) is 7.86. The molecule has 1 aliphatic rings. The highest BCUT2D eigenvalue weighted by Crippen LogP contribution is 2.44. The smallest absolute Gasteiger partial charge is 0.335 e. The maximum Gasteiger partial charge on any atom is 0.392 e. The summed E-state index contributed by atoms with van der Waals surface area (Å²) in [5, 5.41) is 2.68. The minimum Gasteiger partial charge on any atom is -0.335 e. The van der Waals surface area contributed by atoms with E-state index in [1.807, 2.05) is 0 Å². The molecule has 8 heteroatoms. The van der Waals surface area contributed by atoms with Gasteiger partial charge in [-0.15, -0.1) is 0 Å². The number of nitrogens with one attached hydrogen (secondary N) is 1. The van der Waals surface area contributed by atoms with E-state index in [-0.39, 0.29) is 31.6 Å². The molecule has 0 bridgehead atoms. The Balaban J connectivity index is 2.64. The van der Waals surface area contributed by atoms with Crippen LogP contribution in [0.2, 0.25) is 0 Å². The van der Waals surface area contributed by atoms with Crippen molar-refractivity contribution in [1.82, 2.24) is 10.2 Å². The monoisotopic (exact) mass is 328 g/mol. The molecule has 0 aliphatic carbocycles. The summed E-state index contributed by atoms with van der Waals surface area (Å²) in [6, 6.07) is -0.659.